The highest BCUT2D eigenvalue weighted by atomic mass is 32.2. The number of sulfone groups is 1. The van der Waals surface area contributed by atoms with Crippen molar-refractivity contribution in [1.82, 2.24) is 0 Å². The van der Waals surface area contributed by atoms with Gasteiger partial charge in [-0.3, -0.25) is 0 Å². The first-order valence-electron chi connectivity index (χ1n) is 7.94. The molecular formula is C18H19F2NO3S. The summed E-state index contributed by atoms with van der Waals surface area (Å²) >= 11 is 0. The minimum absolute atomic E-state index is 0.0839. The standard InChI is InChI=1S/C18H19F2NO3S/c1-13-4-2-3-5-16(13)17-12-21(10-11-24-17)14-6-8-15(9-7-14)25(22,23)18(19)20/h2-9,17-18H,10-12H2,1H3. The van der Waals surface area contributed by atoms with E-state index < -0.39 is 15.6 Å². The van der Waals surface area contributed by atoms with Crippen LogP contribution >= 0.6 is 0 Å². The smallest absolute Gasteiger partial charge is 0.341 e. The van der Waals surface area contributed by atoms with E-state index in [9.17, 15) is 17.2 Å². The van der Waals surface area contributed by atoms with E-state index in [0.717, 1.165) is 16.8 Å². The summed E-state index contributed by atoms with van der Waals surface area (Å²) in [6.07, 6.45) is -0.0839. The first-order valence-corrected chi connectivity index (χ1v) is 9.48. The van der Waals surface area contributed by atoms with Crippen LogP contribution in [0.3, 0.4) is 0 Å². The van der Waals surface area contributed by atoms with Gasteiger partial charge in [-0.05, 0) is 42.3 Å². The summed E-state index contributed by atoms with van der Waals surface area (Å²) in [5, 5.41) is 0. The van der Waals surface area contributed by atoms with Crippen molar-refractivity contribution >= 4 is 15.5 Å². The van der Waals surface area contributed by atoms with E-state index in [4.69, 9.17) is 4.74 Å². The maximum atomic E-state index is 12.6. The number of anilines is 1. The van der Waals surface area contributed by atoms with Gasteiger partial charge >= 0.3 is 5.76 Å². The van der Waals surface area contributed by atoms with Crippen LogP contribution in [0, 0.1) is 6.92 Å². The van der Waals surface area contributed by atoms with Gasteiger partial charge in [0.25, 0.3) is 0 Å². The van der Waals surface area contributed by atoms with Crippen molar-refractivity contribution in [2.75, 3.05) is 24.6 Å². The average molecular weight is 367 g/mol. The summed E-state index contributed by atoms with van der Waals surface area (Å²) < 4.78 is 54.1. The summed E-state index contributed by atoms with van der Waals surface area (Å²) in [5.41, 5.74) is 3.05. The lowest BCUT2D eigenvalue weighted by Crippen LogP contribution is -2.38. The predicted molar refractivity (Wildman–Crippen MR) is 91.7 cm³/mol. The van der Waals surface area contributed by atoms with Crippen LogP contribution < -0.4 is 4.90 Å². The van der Waals surface area contributed by atoms with Crippen LogP contribution in [-0.4, -0.2) is 33.9 Å². The number of nitrogens with zero attached hydrogens (tertiary/aromatic N) is 1. The third-order valence-corrected chi connectivity index (χ3v) is 5.77. The topological polar surface area (TPSA) is 46.6 Å². The summed E-state index contributed by atoms with van der Waals surface area (Å²) in [7, 11) is -4.56. The molecule has 7 heteroatoms. The Bertz CT molecular complexity index is 838. The van der Waals surface area contributed by atoms with E-state index in [0.29, 0.717) is 19.7 Å². The molecule has 0 aromatic heterocycles. The van der Waals surface area contributed by atoms with Gasteiger partial charge in [-0.1, -0.05) is 24.3 Å². The van der Waals surface area contributed by atoms with Crippen molar-refractivity contribution in [2.24, 2.45) is 0 Å². The van der Waals surface area contributed by atoms with Gasteiger partial charge in [-0.15, -0.1) is 0 Å². The first kappa shape index (κ1) is 17.8. The molecule has 134 valence electrons. The molecular weight excluding hydrogens is 348 g/mol. The highest BCUT2D eigenvalue weighted by Gasteiger charge is 2.27. The molecule has 0 N–H and O–H groups in total. The molecule has 2 aromatic rings. The Morgan fingerprint density at radius 3 is 2.44 bits per heavy atom. The monoisotopic (exact) mass is 367 g/mol. The molecule has 2 aromatic carbocycles. The lowest BCUT2D eigenvalue weighted by Gasteiger charge is -2.35. The molecule has 25 heavy (non-hydrogen) atoms. The number of hydrogen-bond donors (Lipinski definition) is 0. The van der Waals surface area contributed by atoms with Crippen molar-refractivity contribution in [3.05, 3.63) is 59.7 Å². The summed E-state index contributed by atoms with van der Waals surface area (Å²) in [4.78, 5) is 1.70. The number of benzene rings is 2. The molecule has 4 nitrogen and oxygen atoms in total. The minimum Gasteiger partial charge on any atom is -0.370 e. The normalized spacial score (nSPS) is 18.6. The minimum atomic E-state index is -4.56. The van der Waals surface area contributed by atoms with Crippen LogP contribution in [0.15, 0.2) is 53.4 Å². The largest absolute Gasteiger partial charge is 0.370 e. The second-order valence-electron chi connectivity index (χ2n) is 5.96. The fraction of sp³-hybridized carbons (Fsp3) is 0.333. The van der Waals surface area contributed by atoms with Gasteiger partial charge in [0, 0.05) is 18.8 Å². The maximum Gasteiger partial charge on any atom is 0.341 e. The lowest BCUT2D eigenvalue weighted by molar-refractivity contribution is 0.0394. The highest BCUT2D eigenvalue weighted by molar-refractivity contribution is 7.91. The SMILES string of the molecule is Cc1ccccc1C1CN(c2ccc(S(=O)(=O)C(F)F)cc2)CCO1. The van der Waals surface area contributed by atoms with Crippen molar-refractivity contribution in [3.63, 3.8) is 0 Å². The zero-order valence-electron chi connectivity index (χ0n) is 13.7. The van der Waals surface area contributed by atoms with Crippen LogP contribution in [0.5, 0.6) is 0 Å². The van der Waals surface area contributed by atoms with Crippen LogP contribution in [-0.2, 0) is 14.6 Å². The van der Waals surface area contributed by atoms with Gasteiger partial charge < -0.3 is 9.64 Å². The molecule has 0 amide bonds. The molecule has 0 aliphatic carbocycles. The van der Waals surface area contributed by atoms with E-state index in [1.54, 1.807) is 12.1 Å². The number of aryl methyl sites for hydroxylation is 1. The van der Waals surface area contributed by atoms with Crippen LogP contribution in [0.2, 0.25) is 0 Å². The highest BCUT2D eigenvalue weighted by Crippen LogP contribution is 2.29. The van der Waals surface area contributed by atoms with E-state index >= 15 is 0 Å². The Balaban J connectivity index is 1.79. The second kappa shape index (κ2) is 7.09. The molecule has 0 radical (unpaired) electrons. The molecule has 1 heterocycles. The molecule has 1 aliphatic heterocycles. The average Bonchev–Trinajstić information content (AvgIpc) is 2.62. The Morgan fingerprint density at radius 1 is 1.12 bits per heavy atom. The van der Waals surface area contributed by atoms with Crippen molar-refractivity contribution < 1.29 is 21.9 Å². The Morgan fingerprint density at radius 2 is 1.80 bits per heavy atom. The molecule has 0 saturated carbocycles. The number of rotatable bonds is 4. The Labute approximate surface area is 146 Å². The first-order chi connectivity index (χ1) is 11.9. The molecule has 1 fully saturated rings. The van der Waals surface area contributed by atoms with E-state index in [-0.39, 0.29) is 11.0 Å². The fourth-order valence-electron chi connectivity index (χ4n) is 2.97. The van der Waals surface area contributed by atoms with Gasteiger partial charge in [0.2, 0.25) is 9.84 Å². The van der Waals surface area contributed by atoms with Gasteiger partial charge in [-0.25, -0.2) is 8.42 Å². The second-order valence-corrected chi connectivity index (χ2v) is 7.88. The van der Waals surface area contributed by atoms with Crippen LogP contribution in [0.4, 0.5) is 14.5 Å². The van der Waals surface area contributed by atoms with Gasteiger partial charge in [-0.2, -0.15) is 8.78 Å². The summed E-state index contributed by atoms with van der Waals surface area (Å²) in [6.45, 7) is 3.84. The van der Waals surface area contributed by atoms with Gasteiger partial charge in [0.1, 0.15) is 6.10 Å². The number of alkyl halides is 2. The van der Waals surface area contributed by atoms with Crippen molar-refractivity contribution in [3.8, 4) is 0 Å². The molecule has 1 saturated heterocycles. The predicted octanol–water partition coefficient (Wildman–Crippen LogP) is 3.57. The molecule has 1 atom stereocenters. The third-order valence-electron chi connectivity index (χ3n) is 4.37. The lowest BCUT2D eigenvalue weighted by atomic mass is 10.0. The quantitative estimate of drug-likeness (QED) is 0.829. The fourth-order valence-corrected chi connectivity index (χ4v) is 3.69. The molecule has 1 unspecified atom stereocenters. The van der Waals surface area contributed by atoms with E-state index in [2.05, 4.69) is 4.90 Å². The van der Waals surface area contributed by atoms with Crippen molar-refractivity contribution in [1.29, 1.82) is 0 Å². The molecule has 1 aliphatic rings. The Kier molecular flexibility index (Phi) is 5.06. The maximum absolute atomic E-state index is 12.6. The van der Waals surface area contributed by atoms with Gasteiger partial charge in [0.15, 0.2) is 0 Å². The molecule has 3 rings (SSSR count). The number of morpholine rings is 1. The van der Waals surface area contributed by atoms with Crippen LogP contribution in [0.1, 0.15) is 17.2 Å². The van der Waals surface area contributed by atoms with Crippen molar-refractivity contribution in [2.45, 2.75) is 23.7 Å². The molecule has 0 bridgehead atoms. The van der Waals surface area contributed by atoms with E-state index in [1.165, 1.54) is 12.1 Å². The Hall–Kier alpha value is -1.99. The third kappa shape index (κ3) is 3.67. The zero-order valence-corrected chi connectivity index (χ0v) is 14.5. The van der Waals surface area contributed by atoms with E-state index in [1.807, 2.05) is 31.2 Å². The van der Waals surface area contributed by atoms with Crippen LogP contribution in [0.25, 0.3) is 0 Å². The number of halogens is 2. The summed E-state index contributed by atoms with van der Waals surface area (Å²) in [5.74, 6) is -3.41. The zero-order chi connectivity index (χ0) is 18.0. The molecule has 0 spiro atoms. The number of ether oxygens (including phenoxy) is 1. The van der Waals surface area contributed by atoms with Gasteiger partial charge in [0.05, 0.1) is 11.5 Å². The number of hydrogen-bond acceptors (Lipinski definition) is 4. The summed E-state index contributed by atoms with van der Waals surface area (Å²) in [6, 6.07) is 13.6.